The van der Waals surface area contributed by atoms with Gasteiger partial charge in [0.2, 0.25) is 0 Å². The average molecular weight is 221 g/mol. The molecule has 0 aromatic carbocycles. The standard InChI is InChI=1S/C13H23N3/c1-11-3-6-16(7-4-11)10-12-8-13(2-5-14)15-9-12/h8-9,11,15H,2-7,10,14H2,1H3. The van der Waals surface area contributed by atoms with Crippen LogP contribution in [0, 0.1) is 5.92 Å². The minimum atomic E-state index is 0.723. The number of piperidine rings is 1. The number of nitrogens with zero attached hydrogens (tertiary/aromatic N) is 1. The number of rotatable bonds is 4. The molecule has 3 nitrogen and oxygen atoms in total. The zero-order valence-corrected chi connectivity index (χ0v) is 10.2. The summed E-state index contributed by atoms with van der Waals surface area (Å²) in [4.78, 5) is 5.85. The fourth-order valence-corrected chi connectivity index (χ4v) is 2.36. The molecular weight excluding hydrogens is 198 g/mol. The van der Waals surface area contributed by atoms with E-state index in [-0.39, 0.29) is 0 Å². The number of nitrogens with two attached hydrogens (primary N) is 1. The molecule has 2 rings (SSSR count). The summed E-state index contributed by atoms with van der Waals surface area (Å²) < 4.78 is 0. The quantitative estimate of drug-likeness (QED) is 0.813. The topological polar surface area (TPSA) is 45.0 Å². The molecule has 1 fully saturated rings. The van der Waals surface area contributed by atoms with Gasteiger partial charge in [-0.15, -0.1) is 0 Å². The van der Waals surface area contributed by atoms with E-state index in [0.29, 0.717) is 0 Å². The van der Waals surface area contributed by atoms with Gasteiger partial charge in [0.05, 0.1) is 0 Å². The van der Waals surface area contributed by atoms with E-state index in [1.807, 2.05) is 0 Å². The highest BCUT2D eigenvalue weighted by molar-refractivity contribution is 5.17. The van der Waals surface area contributed by atoms with Crippen molar-refractivity contribution in [2.75, 3.05) is 19.6 Å². The number of H-pyrrole nitrogens is 1. The van der Waals surface area contributed by atoms with Crippen LogP contribution in [0.3, 0.4) is 0 Å². The van der Waals surface area contributed by atoms with Crippen LogP contribution in [0.1, 0.15) is 31.0 Å². The first-order valence-electron chi connectivity index (χ1n) is 6.36. The van der Waals surface area contributed by atoms with Gasteiger partial charge in [-0.25, -0.2) is 0 Å². The molecule has 1 aliphatic heterocycles. The summed E-state index contributed by atoms with van der Waals surface area (Å²) in [6.07, 6.45) is 5.78. The van der Waals surface area contributed by atoms with Crippen LogP contribution in [-0.2, 0) is 13.0 Å². The fraction of sp³-hybridized carbons (Fsp3) is 0.692. The van der Waals surface area contributed by atoms with Crippen LogP contribution >= 0.6 is 0 Å². The lowest BCUT2D eigenvalue weighted by Gasteiger charge is -2.29. The SMILES string of the molecule is CC1CCN(Cc2c[nH]c(CCN)c2)CC1. The van der Waals surface area contributed by atoms with Gasteiger partial charge >= 0.3 is 0 Å². The van der Waals surface area contributed by atoms with Crippen molar-refractivity contribution in [3.8, 4) is 0 Å². The van der Waals surface area contributed by atoms with Gasteiger partial charge < -0.3 is 10.7 Å². The van der Waals surface area contributed by atoms with Crippen molar-refractivity contribution in [3.63, 3.8) is 0 Å². The van der Waals surface area contributed by atoms with E-state index >= 15 is 0 Å². The smallest absolute Gasteiger partial charge is 0.0248 e. The lowest BCUT2D eigenvalue weighted by molar-refractivity contribution is 0.185. The normalized spacial score (nSPS) is 19.1. The maximum Gasteiger partial charge on any atom is 0.0248 e. The van der Waals surface area contributed by atoms with Gasteiger partial charge in [0.25, 0.3) is 0 Å². The van der Waals surface area contributed by atoms with Gasteiger partial charge in [-0.2, -0.15) is 0 Å². The molecule has 1 aromatic heterocycles. The Hall–Kier alpha value is -0.800. The van der Waals surface area contributed by atoms with Gasteiger partial charge in [0, 0.05) is 18.4 Å². The van der Waals surface area contributed by atoms with Gasteiger partial charge in [-0.05, 0) is 56.4 Å². The molecule has 3 N–H and O–H groups in total. The van der Waals surface area contributed by atoms with Crippen LogP contribution in [0.25, 0.3) is 0 Å². The molecule has 0 atom stereocenters. The predicted molar refractivity (Wildman–Crippen MR) is 67.2 cm³/mol. The maximum atomic E-state index is 5.54. The molecule has 3 heteroatoms. The van der Waals surface area contributed by atoms with Gasteiger partial charge in [-0.3, -0.25) is 4.90 Å². The van der Waals surface area contributed by atoms with Crippen LogP contribution in [0.2, 0.25) is 0 Å². The maximum absolute atomic E-state index is 5.54. The second kappa shape index (κ2) is 5.51. The summed E-state index contributed by atoms with van der Waals surface area (Å²) in [6.45, 7) is 6.67. The molecule has 2 heterocycles. The van der Waals surface area contributed by atoms with E-state index in [1.165, 1.54) is 37.2 Å². The first kappa shape index (κ1) is 11.7. The van der Waals surface area contributed by atoms with Gasteiger partial charge in [0.15, 0.2) is 0 Å². The molecule has 0 unspecified atom stereocenters. The Morgan fingerprint density at radius 2 is 2.19 bits per heavy atom. The minimum absolute atomic E-state index is 0.723. The Kier molecular flexibility index (Phi) is 4.02. The highest BCUT2D eigenvalue weighted by Crippen LogP contribution is 2.18. The first-order chi connectivity index (χ1) is 7.78. The summed E-state index contributed by atoms with van der Waals surface area (Å²) in [5.41, 5.74) is 8.21. The Bertz CT molecular complexity index is 311. The molecule has 1 saturated heterocycles. The average Bonchev–Trinajstić information content (AvgIpc) is 2.70. The van der Waals surface area contributed by atoms with Crippen LogP contribution < -0.4 is 5.73 Å². The minimum Gasteiger partial charge on any atom is -0.365 e. The number of likely N-dealkylation sites (tertiary alicyclic amines) is 1. The zero-order chi connectivity index (χ0) is 11.4. The first-order valence-corrected chi connectivity index (χ1v) is 6.36. The number of hydrogen-bond acceptors (Lipinski definition) is 2. The lowest BCUT2D eigenvalue weighted by Crippen LogP contribution is -2.32. The molecule has 90 valence electrons. The largest absolute Gasteiger partial charge is 0.365 e. The van der Waals surface area contributed by atoms with Crippen LogP contribution in [-0.4, -0.2) is 29.5 Å². The van der Waals surface area contributed by atoms with Crippen molar-refractivity contribution in [1.29, 1.82) is 0 Å². The van der Waals surface area contributed by atoms with Crippen molar-refractivity contribution in [2.45, 2.75) is 32.7 Å². The van der Waals surface area contributed by atoms with E-state index < -0.39 is 0 Å². The van der Waals surface area contributed by atoms with Crippen LogP contribution in [0.15, 0.2) is 12.3 Å². The Morgan fingerprint density at radius 3 is 2.88 bits per heavy atom. The van der Waals surface area contributed by atoms with Gasteiger partial charge in [0.1, 0.15) is 0 Å². The van der Waals surface area contributed by atoms with Crippen molar-refractivity contribution in [1.82, 2.24) is 9.88 Å². The van der Waals surface area contributed by atoms with E-state index in [4.69, 9.17) is 5.73 Å². The zero-order valence-electron chi connectivity index (χ0n) is 10.2. The van der Waals surface area contributed by atoms with Crippen molar-refractivity contribution < 1.29 is 0 Å². The summed E-state index contributed by atoms with van der Waals surface area (Å²) in [7, 11) is 0. The summed E-state index contributed by atoms with van der Waals surface area (Å²) >= 11 is 0. The molecule has 0 radical (unpaired) electrons. The number of hydrogen-bond donors (Lipinski definition) is 2. The molecule has 1 aromatic rings. The molecule has 0 bridgehead atoms. The number of aromatic amines is 1. The summed E-state index contributed by atoms with van der Waals surface area (Å²) in [5, 5.41) is 0. The van der Waals surface area contributed by atoms with E-state index in [2.05, 4.69) is 29.1 Å². The Labute approximate surface area is 98.0 Å². The third-order valence-electron chi connectivity index (χ3n) is 3.50. The Morgan fingerprint density at radius 1 is 1.44 bits per heavy atom. The molecule has 0 saturated carbocycles. The third kappa shape index (κ3) is 3.09. The second-order valence-corrected chi connectivity index (χ2v) is 5.03. The molecule has 0 aliphatic carbocycles. The molecule has 16 heavy (non-hydrogen) atoms. The molecule has 0 spiro atoms. The predicted octanol–water partition coefficient (Wildman–Crippen LogP) is 1.75. The highest BCUT2D eigenvalue weighted by atomic mass is 15.1. The van der Waals surface area contributed by atoms with E-state index in [9.17, 15) is 0 Å². The Balaban J connectivity index is 1.83. The molecular formula is C13H23N3. The highest BCUT2D eigenvalue weighted by Gasteiger charge is 2.15. The van der Waals surface area contributed by atoms with Crippen molar-refractivity contribution >= 4 is 0 Å². The fourth-order valence-electron chi connectivity index (χ4n) is 2.36. The van der Waals surface area contributed by atoms with Crippen LogP contribution in [0.5, 0.6) is 0 Å². The van der Waals surface area contributed by atoms with Crippen LogP contribution in [0.4, 0.5) is 0 Å². The van der Waals surface area contributed by atoms with Crippen molar-refractivity contribution in [2.24, 2.45) is 11.7 Å². The lowest BCUT2D eigenvalue weighted by atomic mass is 9.99. The van der Waals surface area contributed by atoms with E-state index in [1.54, 1.807) is 0 Å². The number of nitrogens with one attached hydrogen (secondary N) is 1. The molecule has 0 amide bonds. The third-order valence-corrected chi connectivity index (χ3v) is 3.50. The number of aromatic nitrogens is 1. The summed E-state index contributed by atoms with van der Waals surface area (Å²) in [6, 6.07) is 2.25. The van der Waals surface area contributed by atoms with E-state index in [0.717, 1.165) is 25.4 Å². The van der Waals surface area contributed by atoms with Crippen molar-refractivity contribution in [3.05, 3.63) is 23.5 Å². The molecule has 1 aliphatic rings. The second-order valence-electron chi connectivity index (χ2n) is 5.03. The van der Waals surface area contributed by atoms with Gasteiger partial charge in [-0.1, -0.05) is 6.92 Å². The monoisotopic (exact) mass is 221 g/mol. The summed E-state index contributed by atoms with van der Waals surface area (Å²) in [5.74, 6) is 0.912.